The molecule has 0 bridgehead atoms. The third-order valence-corrected chi connectivity index (χ3v) is 5.61. The van der Waals surface area contributed by atoms with Gasteiger partial charge in [0.15, 0.2) is 0 Å². The number of aryl methyl sites for hydroxylation is 1. The average molecular weight is 530 g/mol. The van der Waals surface area contributed by atoms with Crippen LogP contribution < -0.4 is 21.6 Å². The first-order chi connectivity index (χ1) is 18.4. The van der Waals surface area contributed by atoms with Gasteiger partial charge in [-0.2, -0.15) is 0 Å². The molecule has 11 nitrogen and oxygen atoms in total. The molecule has 0 atom stereocenters. The van der Waals surface area contributed by atoms with Crippen molar-refractivity contribution in [2.24, 2.45) is 10.7 Å². The number of primary amides is 1. The van der Waals surface area contributed by atoms with E-state index < -0.39 is 5.91 Å². The van der Waals surface area contributed by atoms with Crippen molar-refractivity contribution >= 4 is 23.2 Å². The highest BCUT2D eigenvalue weighted by Crippen LogP contribution is 2.23. The number of nitrogens with one attached hydrogen (secondary N) is 1. The number of nitrogens with two attached hydrogens (primary N) is 1. The summed E-state index contributed by atoms with van der Waals surface area (Å²) in [6.45, 7) is 1.86. The predicted octanol–water partition coefficient (Wildman–Crippen LogP) is 3.76. The lowest BCUT2D eigenvalue weighted by atomic mass is 10.2. The van der Waals surface area contributed by atoms with Gasteiger partial charge in [0.25, 0.3) is 17.4 Å². The van der Waals surface area contributed by atoms with Crippen LogP contribution in [0.2, 0.25) is 5.02 Å². The molecule has 12 heteroatoms. The molecule has 0 spiro atoms. The Labute approximate surface area is 220 Å². The van der Waals surface area contributed by atoms with E-state index in [1.165, 1.54) is 16.8 Å². The molecular weight excluding hydrogens is 510 g/mol. The normalized spacial score (nSPS) is 11.5. The van der Waals surface area contributed by atoms with E-state index in [9.17, 15) is 9.59 Å². The van der Waals surface area contributed by atoms with Crippen LogP contribution in [0.4, 0.5) is 5.69 Å². The largest absolute Gasteiger partial charge is 0.439 e. The zero-order valence-corrected chi connectivity index (χ0v) is 20.7. The summed E-state index contributed by atoms with van der Waals surface area (Å²) < 4.78 is 12.7. The number of carbonyl (C=O) groups excluding carboxylic acids is 1. The standard InChI is InChI=1S/C26H20ClN7O4/c1-15-32-33-24(37-15)20-13-29-26(34(25(20)36)14-16-5-7-17(27)8-6-16)30-18-9-11-19(12-10-18)38-22-4-2-3-21(31-22)23(28)35/h2-13H,14H2,1H3,(H2,28,35)(H,29,30). The lowest BCUT2D eigenvalue weighted by Crippen LogP contribution is -2.36. The van der Waals surface area contributed by atoms with Gasteiger partial charge in [0.05, 0.1) is 12.2 Å². The van der Waals surface area contributed by atoms with E-state index in [0.717, 1.165) is 5.56 Å². The second kappa shape index (κ2) is 10.5. The first-order valence-electron chi connectivity index (χ1n) is 11.3. The molecule has 2 aromatic carbocycles. The Kier molecular flexibility index (Phi) is 6.83. The van der Waals surface area contributed by atoms with E-state index in [2.05, 4.69) is 25.2 Å². The molecule has 38 heavy (non-hydrogen) atoms. The highest BCUT2D eigenvalue weighted by molar-refractivity contribution is 6.30. The smallest absolute Gasteiger partial charge is 0.267 e. The molecule has 5 aromatic rings. The first kappa shape index (κ1) is 24.7. The fraction of sp³-hybridized carbons (Fsp3) is 0.0769. The van der Waals surface area contributed by atoms with Gasteiger partial charge in [0.1, 0.15) is 17.0 Å². The lowest BCUT2D eigenvalue weighted by Gasteiger charge is -2.09. The minimum Gasteiger partial charge on any atom is -0.439 e. The third-order valence-electron chi connectivity index (χ3n) is 5.36. The third kappa shape index (κ3) is 5.52. The van der Waals surface area contributed by atoms with Gasteiger partial charge in [-0.25, -0.2) is 9.98 Å². The summed E-state index contributed by atoms with van der Waals surface area (Å²) in [6.07, 6.45) is 1.49. The molecule has 190 valence electrons. The molecule has 5 rings (SSSR count). The second-order valence-corrected chi connectivity index (χ2v) is 8.54. The number of hydrogen-bond acceptors (Lipinski definition) is 8. The van der Waals surface area contributed by atoms with Gasteiger partial charge >= 0.3 is 0 Å². The monoisotopic (exact) mass is 529 g/mol. The van der Waals surface area contributed by atoms with Crippen molar-refractivity contribution < 1.29 is 13.9 Å². The molecule has 3 aromatic heterocycles. The quantitative estimate of drug-likeness (QED) is 0.325. The molecule has 0 aliphatic heterocycles. The number of benzene rings is 2. The summed E-state index contributed by atoms with van der Waals surface area (Å²) in [4.78, 5) is 36.6. The fourth-order valence-corrected chi connectivity index (χ4v) is 3.65. The Hall–Kier alpha value is -5.03. The van der Waals surface area contributed by atoms with Crippen LogP contribution in [0.5, 0.6) is 11.6 Å². The van der Waals surface area contributed by atoms with Crippen molar-refractivity contribution in [2.75, 3.05) is 0 Å². The van der Waals surface area contributed by atoms with E-state index in [4.69, 9.17) is 26.5 Å². The molecule has 0 unspecified atom stereocenters. The fourth-order valence-electron chi connectivity index (χ4n) is 3.53. The van der Waals surface area contributed by atoms with Crippen LogP contribution in [0.3, 0.4) is 0 Å². The van der Waals surface area contributed by atoms with Crippen molar-refractivity contribution in [3.63, 3.8) is 0 Å². The van der Waals surface area contributed by atoms with E-state index in [1.54, 1.807) is 55.5 Å². The van der Waals surface area contributed by atoms with Gasteiger partial charge in [-0.15, -0.1) is 10.2 Å². The lowest BCUT2D eigenvalue weighted by molar-refractivity contribution is 0.0995. The average Bonchev–Trinajstić information content (AvgIpc) is 3.34. The van der Waals surface area contributed by atoms with E-state index in [-0.39, 0.29) is 35.1 Å². The van der Waals surface area contributed by atoms with Crippen molar-refractivity contribution in [2.45, 2.75) is 13.5 Å². The number of halogens is 1. The SMILES string of the molecule is Cc1nnc(-c2c[nH]/c(=N\c3ccc(Oc4cccc(C(N)=O)n4)cc3)n(Cc3ccc(Cl)cc3)c2=O)o1. The first-order valence-corrected chi connectivity index (χ1v) is 11.7. The van der Waals surface area contributed by atoms with Crippen LogP contribution in [-0.4, -0.2) is 30.6 Å². The molecule has 0 aliphatic carbocycles. The Morgan fingerprint density at radius 1 is 1.11 bits per heavy atom. The molecule has 0 aliphatic rings. The maximum atomic E-state index is 13.5. The van der Waals surface area contributed by atoms with E-state index in [1.807, 2.05) is 12.1 Å². The number of ether oxygens (including phenoxy) is 1. The maximum absolute atomic E-state index is 13.5. The molecule has 0 radical (unpaired) electrons. The highest BCUT2D eigenvalue weighted by Gasteiger charge is 2.15. The van der Waals surface area contributed by atoms with Crippen LogP contribution in [0, 0.1) is 6.92 Å². The van der Waals surface area contributed by atoms with Crippen molar-refractivity contribution in [1.82, 2.24) is 24.7 Å². The van der Waals surface area contributed by atoms with Gasteiger partial charge in [0.2, 0.25) is 17.4 Å². The van der Waals surface area contributed by atoms with Gasteiger partial charge in [-0.1, -0.05) is 29.8 Å². The predicted molar refractivity (Wildman–Crippen MR) is 138 cm³/mol. The summed E-state index contributed by atoms with van der Waals surface area (Å²) in [5.41, 5.74) is 6.93. The molecule has 0 fully saturated rings. The molecule has 1 amide bonds. The van der Waals surface area contributed by atoms with Crippen LogP contribution in [0.1, 0.15) is 21.9 Å². The van der Waals surface area contributed by atoms with Crippen LogP contribution >= 0.6 is 11.6 Å². The number of rotatable bonds is 7. The van der Waals surface area contributed by atoms with Gasteiger partial charge in [-0.3, -0.25) is 14.2 Å². The Balaban J connectivity index is 1.50. The Bertz CT molecular complexity index is 1740. The van der Waals surface area contributed by atoms with Crippen LogP contribution in [0.15, 0.2) is 87.1 Å². The van der Waals surface area contributed by atoms with Gasteiger partial charge in [0, 0.05) is 24.2 Å². The Morgan fingerprint density at radius 2 is 1.87 bits per heavy atom. The summed E-state index contributed by atoms with van der Waals surface area (Å²) in [5.74, 6) is 0.503. The molecule has 0 saturated carbocycles. The van der Waals surface area contributed by atoms with E-state index in [0.29, 0.717) is 28.0 Å². The minimum atomic E-state index is -0.647. The number of aromatic amines is 1. The zero-order valence-electron chi connectivity index (χ0n) is 20.0. The van der Waals surface area contributed by atoms with Crippen LogP contribution in [-0.2, 0) is 6.54 Å². The van der Waals surface area contributed by atoms with Gasteiger partial charge < -0.3 is 19.9 Å². The number of hydrogen-bond donors (Lipinski definition) is 2. The number of pyridine rings is 1. The number of amides is 1. The molecule has 3 heterocycles. The Morgan fingerprint density at radius 3 is 2.55 bits per heavy atom. The topological polar surface area (TPSA) is 154 Å². The van der Waals surface area contributed by atoms with Crippen molar-refractivity contribution in [1.29, 1.82) is 0 Å². The number of nitrogens with zero attached hydrogens (tertiary/aromatic N) is 5. The molecule has 3 N–H and O–H groups in total. The minimum absolute atomic E-state index is 0.0995. The van der Waals surface area contributed by atoms with E-state index >= 15 is 0 Å². The zero-order chi connectivity index (χ0) is 26.6. The number of aromatic nitrogens is 5. The van der Waals surface area contributed by atoms with Crippen molar-refractivity contribution in [3.05, 3.63) is 111 Å². The maximum Gasteiger partial charge on any atom is 0.267 e. The summed E-state index contributed by atoms with van der Waals surface area (Å²) in [7, 11) is 0. The highest BCUT2D eigenvalue weighted by atomic mass is 35.5. The van der Waals surface area contributed by atoms with Gasteiger partial charge in [-0.05, 0) is 48.0 Å². The molecular formula is C26H20ClN7O4. The molecule has 0 saturated heterocycles. The van der Waals surface area contributed by atoms with Crippen molar-refractivity contribution in [3.8, 4) is 23.1 Å². The summed E-state index contributed by atoms with van der Waals surface area (Å²) in [6, 6.07) is 18.7. The number of H-pyrrole nitrogens is 1. The second-order valence-electron chi connectivity index (χ2n) is 8.10. The summed E-state index contributed by atoms with van der Waals surface area (Å²) in [5, 5.41) is 8.37. The number of carbonyl (C=O) groups is 1. The van der Waals surface area contributed by atoms with Crippen LogP contribution in [0.25, 0.3) is 11.5 Å². The summed E-state index contributed by atoms with van der Waals surface area (Å²) >= 11 is 6.02.